The van der Waals surface area contributed by atoms with E-state index in [1.807, 2.05) is 24.3 Å². The van der Waals surface area contributed by atoms with Crippen LogP contribution in [0.15, 0.2) is 40.9 Å². The first-order valence-corrected chi connectivity index (χ1v) is 9.28. The second-order valence-electron chi connectivity index (χ2n) is 5.35. The van der Waals surface area contributed by atoms with Gasteiger partial charge < -0.3 is 5.32 Å². The molecule has 0 fully saturated rings. The number of hydrogen-bond acceptors (Lipinski definition) is 4. The number of hydrogen-bond donors (Lipinski definition) is 1. The molecule has 10 heteroatoms. The van der Waals surface area contributed by atoms with Crippen molar-refractivity contribution < 1.29 is 4.79 Å². The summed E-state index contributed by atoms with van der Waals surface area (Å²) < 4.78 is 0.943. The molecule has 0 bridgehead atoms. The van der Waals surface area contributed by atoms with Crippen molar-refractivity contribution in [1.29, 1.82) is 0 Å². The topological polar surface area (TPSA) is 72.7 Å². The van der Waals surface area contributed by atoms with Gasteiger partial charge in [0.2, 0.25) is 5.82 Å². The molecule has 0 aliphatic rings. The monoisotopic (exact) mass is 473 g/mol. The first-order valence-electron chi connectivity index (χ1n) is 7.36. The van der Waals surface area contributed by atoms with Crippen LogP contribution in [0.5, 0.6) is 0 Å². The molecule has 134 valence electrons. The number of carbonyl (C=O) groups is 1. The number of aromatic nitrogens is 4. The lowest BCUT2D eigenvalue weighted by molar-refractivity contribution is -0.119. The highest BCUT2D eigenvalue weighted by molar-refractivity contribution is 9.10. The number of amides is 1. The molecule has 3 aromatic rings. The normalized spacial score (nSPS) is 12.0. The maximum Gasteiger partial charge on any atom is 0.250 e. The zero-order chi connectivity index (χ0) is 18.8. The number of benzene rings is 2. The Morgan fingerprint density at radius 3 is 2.38 bits per heavy atom. The molecule has 1 aromatic heterocycles. The van der Waals surface area contributed by atoms with Crippen molar-refractivity contribution in [3.63, 3.8) is 0 Å². The summed E-state index contributed by atoms with van der Waals surface area (Å²) in [7, 11) is 0. The maximum absolute atomic E-state index is 12.5. The molecule has 1 amide bonds. The number of carbonyl (C=O) groups excluding carboxylic acids is 1. The summed E-state index contributed by atoms with van der Waals surface area (Å²) in [5.41, 5.74) is 1.07. The van der Waals surface area contributed by atoms with Crippen LogP contribution < -0.4 is 5.32 Å². The summed E-state index contributed by atoms with van der Waals surface area (Å²) in [5.74, 6) is 0.0237. The zero-order valence-electron chi connectivity index (χ0n) is 13.3. The lowest BCUT2D eigenvalue weighted by Gasteiger charge is -2.13. The van der Waals surface area contributed by atoms with Gasteiger partial charge in [-0.3, -0.25) is 4.79 Å². The third kappa shape index (κ3) is 4.17. The fourth-order valence-corrected chi connectivity index (χ4v) is 3.27. The van der Waals surface area contributed by atoms with E-state index >= 15 is 0 Å². The van der Waals surface area contributed by atoms with Crippen LogP contribution in [0.3, 0.4) is 0 Å². The molecule has 1 N–H and O–H groups in total. The minimum absolute atomic E-state index is 0.241. The largest absolute Gasteiger partial charge is 0.322 e. The second kappa shape index (κ2) is 7.92. The lowest BCUT2D eigenvalue weighted by Crippen LogP contribution is -2.25. The minimum atomic E-state index is -0.727. The maximum atomic E-state index is 12.5. The van der Waals surface area contributed by atoms with Gasteiger partial charge in [0.25, 0.3) is 5.91 Å². The Labute approximate surface area is 172 Å². The summed E-state index contributed by atoms with van der Waals surface area (Å²) in [6.45, 7) is 1.64. The van der Waals surface area contributed by atoms with E-state index in [0.717, 1.165) is 10.0 Å². The van der Waals surface area contributed by atoms with Crippen molar-refractivity contribution >= 4 is 62.3 Å². The fourth-order valence-electron chi connectivity index (χ4n) is 2.10. The molecular formula is C16H11BrCl3N5O. The summed E-state index contributed by atoms with van der Waals surface area (Å²) in [4.78, 5) is 13.7. The third-order valence-corrected chi connectivity index (χ3v) is 4.85. The van der Waals surface area contributed by atoms with E-state index in [9.17, 15) is 4.79 Å². The number of tetrazole rings is 1. The molecule has 0 aliphatic heterocycles. The van der Waals surface area contributed by atoms with Gasteiger partial charge >= 0.3 is 0 Å². The summed E-state index contributed by atoms with van der Waals surface area (Å²) >= 11 is 21.4. The molecule has 26 heavy (non-hydrogen) atoms. The Bertz CT molecular complexity index is 938. The predicted molar refractivity (Wildman–Crippen MR) is 106 cm³/mol. The molecule has 2 aromatic carbocycles. The highest BCUT2D eigenvalue weighted by atomic mass is 79.9. The Hall–Kier alpha value is -1.67. The Morgan fingerprint density at radius 1 is 1.15 bits per heavy atom. The number of halogens is 4. The highest BCUT2D eigenvalue weighted by Crippen LogP contribution is 2.34. The highest BCUT2D eigenvalue weighted by Gasteiger charge is 2.21. The van der Waals surface area contributed by atoms with Crippen molar-refractivity contribution in [1.82, 2.24) is 20.2 Å². The average Bonchev–Trinajstić information content (AvgIpc) is 3.07. The van der Waals surface area contributed by atoms with E-state index in [1.165, 1.54) is 16.9 Å². The summed E-state index contributed by atoms with van der Waals surface area (Å²) in [6, 6.07) is 9.71. The molecule has 0 radical (unpaired) electrons. The van der Waals surface area contributed by atoms with Crippen LogP contribution in [0.4, 0.5) is 5.69 Å². The molecule has 6 nitrogen and oxygen atoms in total. The third-order valence-electron chi connectivity index (χ3n) is 3.51. The Kier molecular flexibility index (Phi) is 5.82. The van der Waals surface area contributed by atoms with E-state index in [1.54, 1.807) is 6.92 Å². The molecule has 1 heterocycles. The lowest BCUT2D eigenvalue weighted by atomic mass is 10.2. The quantitative estimate of drug-likeness (QED) is 0.559. The van der Waals surface area contributed by atoms with E-state index in [2.05, 4.69) is 36.7 Å². The molecule has 1 unspecified atom stereocenters. The number of nitrogens with one attached hydrogen (secondary N) is 1. The summed E-state index contributed by atoms with van der Waals surface area (Å²) in [5, 5.41) is 15.7. The van der Waals surface area contributed by atoms with Crippen molar-refractivity contribution in [3.8, 4) is 11.4 Å². The first-order chi connectivity index (χ1) is 12.3. The van der Waals surface area contributed by atoms with Crippen molar-refractivity contribution in [2.24, 2.45) is 0 Å². The fraction of sp³-hybridized carbons (Fsp3) is 0.125. The Morgan fingerprint density at radius 2 is 1.77 bits per heavy atom. The van der Waals surface area contributed by atoms with E-state index in [0.29, 0.717) is 10.8 Å². The predicted octanol–water partition coefficient (Wildman–Crippen LogP) is 5.26. The molecule has 1 atom stereocenters. The van der Waals surface area contributed by atoms with Crippen LogP contribution in [-0.4, -0.2) is 26.1 Å². The molecule has 0 saturated carbocycles. The zero-order valence-corrected chi connectivity index (χ0v) is 17.1. The standard InChI is InChI=1S/C16H11BrCl3N5O/c1-8(16(26)21-14-12(19)6-11(18)7-13(14)20)25-23-15(22-24-25)9-2-4-10(17)5-3-9/h2-8H,1H3,(H,21,26). The SMILES string of the molecule is CC(C(=O)Nc1c(Cl)cc(Cl)cc1Cl)n1nnc(-c2ccc(Br)cc2)n1. The van der Waals surface area contributed by atoms with Gasteiger partial charge in [0.05, 0.1) is 15.7 Å². The molecule has 0 aliphatic carbocycles. The molecule has 0 saturated heterocycles. The Balaban J connectivity index is 1.78. The number of rotatable bonds is 4. The van der Waals surface area contributed by atoms with Gasteiger partial charge in [0.1, 0.15) is 6.04 Å². The van der Waals surface area contributed by atoms with Gasteiger partial charge in [0, 0.05) is 15.1 Å². The smallest absolute Gasteiger partial charge is 0.250 e. The van der Waals surface area contributed by atoms with Crippen LogP contribution in [0.2, 0.25) is 15.1 Å². The van der Waals surface area contributed by atoms with Crippen molar-refractivity contribution in [2.45, 2.75) is 13.0 Å². The number of nitrogens with zero attached hydrogens (tertiary/aromatic N) is 4. The van der Waals surface area contributed by atoms with Crippen LogP contribution in [0.25, 0.3) is 11.4 Å². The van der Waals surface area contributed by atoms with Crippen molar-refractivity contribution in [2.75, 3.05) is 5.32 Å². The molecule has 0 spiro atoms. The van der Waals surface area contributed by atoms with E-state index < -0.39 is 11.9 Å². The number of anilines is 1. The van der Waals surface area contributed by atoms with Crippen LogP contribution in [0.1, 0.15) is 13.0 Å². The average molecular weight is 476 g/mol. The van der Waals surface area contributed by atoms with Gasteiger partial charge in [-0.15, -0.1) is 10.2 Å². The first kappa shape index (κ1) is 19.1. The van der Waals surface area contributed by atoms with Crippen LogP contribution in [0, 0.1) is 0 Å². The van der Waals surface area contributed by atoms with Crippen LogP contribution in [-0.2, 0) is 4.79 Å². The van der Waals surface area contributed by atoms with Crippen molar-refractivity contribution in [3.05, 3.63) is 55.9 Å². The van der Waals surface area contributed by atoms with Crippen LogP contribution >= 0.6 is 50.7 Å². The molecule has 3 rings (SSSR count). The second-order valence-corrected chi connectivity index (χ2v) is 7.52. The van der Waals surface area contributed by atoms with Gasteiger partial charge in [-0.25, -0.2) is 0 Å². The van der Waals surface area contributed by atoms with Gasteiger partial charge in [0.15, 0.2) is 0 Å². The van der Waals surface area contributed by atoms with Gasteiger partial charge in [-0.05, 0) is 48.5 Å². The van der Waals surface area contributed by atoms with E-state index in [4.69, 9.17) is 34.8 Å². The van der Waals surface area contributed by atoms with E-state index in [-0.39, 0.29) is 15.7 Å². The molecular weight excluding hydrogens is 464 g/mol. The van der Waals surface area contributed by atoms with Gasteiger partial charge in [-0.1, -0.05) is 50.7 Å². The van der Waals surface area contributed by atoms with Gasteiger partial charge in [-0.2, -0.15) is 4.80 Å². The summed E-state index contributed by atoms with van der Waals surface area (Å²) in [6.07, 6.45) is 0. The minimum Gasteiger partial charge on any atom is -0.322 e.